The van der Waals surface area contributed by atoms with Gasteiger partial charge in [-0.15, -0.1) is 0 Å². The van der Waals surface area contributed by atoms with E-state index < -0.39 is 0 Å². The number of primary amides is 1. The number of aryl methyl sites for hydroxylation is 1. The predicted molar refractivity (Wildman–Crippen MR) is 87.3 cm³/mol. The summed E-state index contributed by atoms with van der Waals surface area (Å²) in [6.07, 6.45) is 3.07. The van der Waals surface area contributed by atoms with Crippen molar-refractivity contribution in [2.75, 3.05) is 11.4 Å². The molecule has 4 heteroatoms. The van der Waals surface area contributed by atoms with Crippen molar-refractivity contribution in [3.63, 3.8) is 0 Å². The molecule has 0 saturated carbocycles. The van der Waals surface area contributed by atoms with E-state index in [1.54, 1.807) is 0 Å². The highest BCUT2D eigenvalue weighted by Gasteiger charge is 2.27. The van der Waals surface area contributed by atoms with Gasteiger partial charge in [0.2, 0.25) is 5.91 Å². The van der Waals surface area contributed by atoms with Gasteiger partial charge in [0.05, 0.1) is 0 Å². The number of nitrogens with one attached hydrogen (secondary N) is 1. The number of amides is 1. The lowest BCUT2D eigenvalue weighted by molar-refractivity contribution is -0.119. The van der Waals surface area contributed by atoms with Crippen molar-refractivity contribution in [1.29, 1.82) is 0 Å². The van der Waals surface area contributed by atoms with Gasteiger partial charge < -0.3 is 16.0 Å². The SMILES string of the molecule is Cc1cc(N2CCCCC2C(N)=O)ccc1CNC(C)C. The Morgan fingerprint density at radius 3 is 2.81 bits per heavy atom. The van der Waals surface area contributed by atoms with Crippen molar-refractivity contribution in [1.82, 2.24) is 5.32 Å². The minimum atomic E-state index is -0.210. The molecule has 1 aliphatic rings. The fourth-order valence-electron chi connectivity index (χ4n) is 2.91. The van der Waals surface area contributed by atoms with Crippen LogP contribution in [-0.4, -0.2) is 24.5 Å². The van der Waals surface area contributed by atoms with Crippen molar-refractivity contribution < 1.29 is 4.79 Å². The molecular formula is C17H27N3O. The van der Waals surface area contributed by atoms with E-state index in [4.69, 9.17) is 5.73 Å². The molecule has 2 rings (SSSR count). The third-order valence-corrected chi connectivity index (χ3v) is 4.19. The number of hydrogen-bond acceptors (Lipinski definition) is 3. The van der Waals surface area contributed by atoms with Gasteiger partial charge >= 0.3 is 0 Å². The van der Waals surface area contributed by atoms with E-state index in [1.807, 2.05) is 0 Å². The first-order valence-corrected chi connectivity index (χ1v) is 7.88. The number of piperidine rings is 1. The van der Waals surface area contributed by atoms with Crippen LogP contribution in [0.25, 0.3) is 0 Å². The highest BCUT2D eigenvalue weighted by molar-refractivity contribution is 5.84. The predicted octanol–water partition coefficient (Wildman–Crippen LogP) is 2.34. The van der Waals surface area contributed by atoms with E-state index in [9.17, 15) is 4.79 Å². The van der Waals surface area contributed by atoms with Crippen LogP contribution in [0.4, 0.5) is 5.69 Å². The van der Waals surface area contributed by atoms with Crippen LogP contribution in [0.15, 0.2) is 18.2 Å². The zero-order chi connectivity index (χ0) is 15.4. The summed E-state index contributed by atoms with van der Waals surface area (Å²) in [5.41, 5.74) is 9.23. The number of nitrogens with zero attached hydrogens (tertiary/aromatic N) is 1. The second-order valence-corrected chi connectivity index (χ2v) is 6.25. The molecule has 1 aliphatic heterocycles. The Kier molecular flexibility index (Phi) is 5.23. The molecule has 1 fully saturated rings. The molecule has 4 nitrogen and oxygen atoms in total. The molecule has 1 unspecified atom stereocenters. The number of hydrogen-bond donors (Lipinski definition) is 2. The lowest BCUT2D eigenvalue weighted by atomic mass is 9.99. The summed E-state index contributed by atoms with van der Waals surface area (Å²) >= 11 is 0. The summed E-state index contributed by atoms with van der Waals surface area (Å²) in [6, 6.07) is 6.78. The van der Waals surface area contributed by atoms with Crippen molar-refractivity contribution >= 4 is 11.6 Å². The van der Waals surface area contributed by atoms with Crippen LogP contribution in [0.1, 0.15) is 44.2 Å². The van der Waals surface area contributed by atoms with Crippen molar-refractivity contribution in [3.05, 3.63) is 29.3 Å². The summed E-state index contributed by atoms with van der Waals surface area (Å²) < 4.78 is 0. The van der Waals surface area contributed by atoms with Crippen LogP contribution in [0.2, 0.25) is 0 Å². The fourth-order valence-corrected chi connectivity index (χ4v) is 2.91. The van der Waals surface area contributed by atoms with Gasteiger partial charge in [-0.2, -0.15) is 0 Å². The van der Waals surface area contributed by atoms with Crippen molar-refractivity contribution in [3.8, 4) is 0 Å². The highest BCUT2D eigenvalue weighted by atomic mass is 16.1. The monoisotopic (exact) mass is 289 g/mol. The molecule has 0 aromatic heterocycles. The third kappa shape index (κ3) is 3.97. The maximum Gasteiger partial charge on any atom is 0.240 e. The molecule has 1 amide bonds. The first kappa shape index (κ1) is 15.8. The lowest BCUT2D eigenvalue weighted by Crippen LogP contribution is -2.47. The topological polar surface area (TPSA) is 58.4 Å². The van der Waals surface area contributed by atoms with E-state index in [0.717, 1.165) is 38.0 Å². The lowest BCUT2D eigenvalue weighted by Gasteiger charge is -2.36. The molecule has 1 heterocycles. The summed E-state index contributed by atoms with van der Waals surface area (Å²) in [5.74, 6) is -0.210. The Morgan fingerprint density at radius 1 is 1.43 bits per heavy atom. The van der Waals surface area contributed by atoms with Crippen molar-refractivity contribution in [2.24, 2.45) is 5.73 Å². The second kappa shape index (κ2) is 6.94. The standard InChI is InChI=1S/C17H27N3O/c1-12(2)19-11-14-7-8-15(10-13(14)3)20-9-5-4-6-16(20)17(18)21/h7-8,10,12,16,19H,4-6,9,11H2,1-3H3,(H2,18,21). The maximum atomic E-state index is 11.6. The molecule has 0 bridgehead atoms. The van der Waals surface area contributed by atoms with Crippen LogP contribution in [0.5, 0.6) is 0 Å². The third-order valence-electron chi connectivity index (χ3n) is 4.19. The van der Waals surface area contributed by atoms with Crippen LogP contribution in [-0.2, 0) is 11.3 Å². The van der Waals surface area contributed by atoms with E-state index in [1.165, 1.54) is 11.1 Å². The molecule has 0 aliphatic carbocycles. The molecule has 1 aromatic rings. The normalized spacial score (nSPS) is 19.0. The first-order chi connectivity index (χ1) is 9.99. The molecule has 1 atom stereocenters. The second-order valence-electron chi connectivity index (χ2n) is 6.25. The Morgan fingerprint density at radius 2 is 2.19 bits per heavy atom. The number of carbonyl (C=O) groups is 1. The Labute approximate surface area is 127 Å². The quantitative estimate of drug-likeness (QED) is 0.874. The number of anilines is 1. The molecule has 1 saturated heterocycles. The van der Waals surface area contributed by atoms with E-state index in [-0.39, 0.29) is 11.9 Å². The van der Waals surface area contributed by atoms with Gasteiger partial charge in [0.25, 0.3) is 0 Å². The Hall–Kier alpha value is -1.55. The summed E-state index contributed by atoms with van der Waals surface area (Å²) in [5, 5.41) is 3.44. The molecule has 0 spiro atoms. The van der Waals surface area contributed by atoms with E-state index in [2.05, 4.69) is 49.2 Å². The van der Waals surface area contributed by atoms with Gasteiger partial charge in [-0.3, -0.25) is 4.79 Å². The smallest absolute Gasteiger partial charge is 0.240 e. The molecule has 3 N–H and O–H groups in total. The largest absolute Gasteiger partial charge is 0.368 e. The Balaban J connectivity index is 2.16. The Bertz CT molecular complexity index is 499. The minimum absolute atomic E-state index is 0.155. The summed E-state index contributed by atoms with van der Waals surface area (Å²) in [7, 11) is 0. The van der Waals surface area contributed by atoms with Gasteiger partial charge in [-0.25, -0.2) is 0 Å². The van der Waals surface area contributed by atoms with Crippen LogP contribution in [0.3, 0.4) is 0 Å². The zero-order valence-electron chi connectivity index (χ0n) is 13.4. The number of benzene rings is 1. The van der Waals surface area contributed by atoms with Crippen molar-refractivity contribution in [2.45, 2.75) is 58.7 Å². The van der Waals surface area contributed by atoms with Crippen LogP contribution in [0, 0.1) is 6.92 Å². The van der Waals surface area contributed by atoms with Gasteiger partial charge in [-0.1, -0.05) is 19.9 Å². The average molecular weight is 289 g/mol. The molecule has 116 valence electrons. The summed E-state index contributed by atoms with van der Waals surface area (Å²) in [6.45, 7) is 8.22. The number of nitrogens with two attached hydrogens (primary N) is 1. The molecule has 0 radical (unpaired) electrons. The molecular weight excluding hydrogens is 262 g/mol. The van der Waals surface area contributed by atoms with Gasteiger partial charge in [-0.05, 0) is 49.4 Å². The van der Waals surface area contributed by atoms with Gasteiger partial charge in [0, 0.05) is 24.8 Å². The highest BCUT2D eigenvalue weighted by Crippen LogP contribution is 2.26. The zero-order valence-corrected chi connectivity index (χ0v) is 13.4. The van der Waals surface area contributed by atoms with Crippen LogP contribution < -0.4 is 16.0 Å². The minimum Gasteiger partial charge on any atom is -0.368 e. The maximum absolute atomic E-state index is 11.6. The van der Waals surface area contributed by atoms with Gasteiger partial charge in [0.1, 0.15) is 6.04 Å². The first-order valence-electron chi connectivity index (χ1n) is 7.88. The summed E-state index contributed by atoms with van der Waals surface area (Å²) in [4.78, 5) is 13.8. The van der Waals surface area contributed by atoms with Gasteiger partial charge in [0.15, 0.2) is 0 Å². The molecule has 21 heavy (non-hydrogen) atoms. The average Bonchev–Trinajstić information content (AvgIpc) is 2.45. The van der Waals surface area contributed by atoms with E-state index >= 15 is 0 Å². The molecule has 1 aromatic carbocycles. The number of carbonyl (C=O) groups excluding carboxylic acids is 1. The van der Waals surface area contributed by atoms with E-state index in [0.29, 0.717) is 6.04 Å². The number of rotatable bonds is 5. The fraction of sp³-hybridized carbons (Fsp3) is 0.588. The van der Waals surface area contributed by atoms with Crippen LogP contribution >= 0.6 is 0 Å².